The van der Waals surface area contributed by atoms with Crippen molar-refractivity contribution in [1.82, 2.24) is 5.32 Å². The topological polar surface area (TPSA) is 21.3 Å². The van der Waals surface area contributed by atoms with Crippen molar-refractivity contribution >= 4 is 0 Å². The summed E-state index contributed by atoms with van der Waals surface area (Å²) in [6, 6.07) is 6.46. The van der Waals surface area contributed by atoms with Gasteiger partial charge in [0.05, 0.1) is 0 Å². The third-order valence-corrected chi connectivity index (χ3v) is 2.91. The third kappa shape index (κ3) is 2.51. The molecule has 0 aromatic heterocycles. The average Bonchev–Trinajstić information content (AvgIpc) is 2.60. The first-order valence-corrected chi connectivity index (χ1v) is 5.70. The van der Waals surface area contributed by atoms with Gasteiger partial charge in [-0.15, -0.1) is 0 Å². The van der Waals surface area contributed by atoms with Gasteiger partial charge in [0.25, 0.3) is 0 Å². The van der Waals surface area contributed by atoms with E-state index in [2.05, 4.69) is 30.4 Å². The molecule has 1 heterocycles. The molecule has 0 saturated carbocycles. The maximum atomic E-state index is 5.88. The fourth-order valence-corrected chi connectivity index (χ4v) is 2.12. The monoisotopic (exact) mass is 205 g/mol. The van der Waals surface area contributed by atoms with Crippen LogP contribution in [0.3, 0.4) is 0 Å². The Kier molecular flexibility index (Phi) is 3.27. The van der Waals surface area contributed by atoms with Crippen LogP contribution in [-0.2, 0) is 6.42 Å². The van der Waals surface area contributed by atoms with Crippen molar-refractivity contribution in [3.05, 3.63) is 29.3 Å². The summed E-state index contributed by atoms with van der Waals surface area (Å²) >= 11 is 0. The van der Waals surface area contributed by atoms with Gasteiger partial charge >= 0.3 is 0 Å². The average molecular weight is 205 g/mol. The molecular formula is C13H19NO. The van der Waals surface area contributed by atoms with E-state index in [9.17, 15) is 0 Å². The lowest BCUT2D eigenvalue weighted by Gasteiger charge is -2.09. The van der Waals surface area contributed by atoms with Crippen molar-refractivity contribution in [3.8, 4) is 5.75 Å². The molecule has 1 aliphatic heterocycles. The van der Waals surface area contributed by atoms with Gasteiger partial charge in [-0.2, -0.15) is 0 Å². The van der Waals surface area contributed by atoms with Gasteiger partial charge in [0.15, 0.2) is 0 Å². The van der Waals surface area contributed by atoms with Gasteiger partial charge in [-0.3, -0.25) is 0 Å². The van der Waals surface area contributed by atoms with Crippen LogP contribution in [0.15, 0.2) is 18.2 Å². The molecule has 1 atom stereocenters. The van der Waals surface area contributed by atoms with E-state index in [4.69, 9.17) is 4.74 Å². The molecule has 1 unspecified atom stereocenters. The SMILES string of the molecule is CNCCCC1Cc2cc(C)ccc2O1. The first-order chi connectivity index (χ1) is 7.29. The molecule has 0 fully saturated rings. The molecule has 0 saturated heterocycles. The molecule has 0 aliphatic carbocycles. The van der Waals surface area contributed by atoms with Crippen molar-refractivity contribution in [1.29, 1.82) is 0 Å². The van der Waals surface area contributed by atoms with Crippen LogP contribution in [0, 0.1) is 6.92 Å². The molecular weight excluding hydrogens is 186 g/mol. The van der Waals surface area contributed by atoms with Crippen LogP contribution in [0.4, 0.5) is 0 Å². The Morgan fingerprint density at radius 2 is 2.33 bits per heavy atom. The summed E-state index contributed by atoms with van der Waals surface area (Å²) in [7, 11) is 1.99. The minimum atomic E-state index is 0.398. The summed E-state index contributed by atoms with van der Waals surface area (Å²) in [5, 5.41) is 3.17. The summed E-state index contributed by atoms with van der Waals surface area (Å²) in [5.41, 5.74) is 2.71. The van der Waals surface area contributed by atoms with Crippen molar-refractivity contribution in [2.24, 2.45) is 0 Å². The fraction of sp³-hybridized carbons (Fsp3) is 0.538. The smallest absolute Gasteiger partial charge is 0.123 e. The minimum Gasteiger partial charge on any atom is -0.490 e. The zero-order valence-electron chi connectivity index (χ0n) is 9.55. The molecule has 1 aromatic rings. The Morgan fingerprint density at radius 3 is 3.13 bits per heavy atom. The second-order valence-electron chi connectivity index (χ2n) is 4.30. The molecule has 1 aromatic carbocycles. The normalized spacial score (nSPS) is 18.7. The predicted octanol–water partition coefficient (Wildman–Crippen LogP) is 2.30. The largest absolute Gasteiger partial charge is 0.490 e. The van der Waals surface area contributed by atoms with Crippen molar-refractivity contribution in [3.63, 3.8) is 0 Å². The highest BCUT2D eigenvalue weighted by molar-refractivity contribution is 5.40. The van der Waals surface area contributed by atoms with E-state index < -0.39 is 0 Å². The molecule has 0 radical (unpaired) electrons. The quantitative estimate of drug-likeness (QED) is 0.762. The fourth-order valence-electron chi connectivity index (χ4n) is 2.12. The highest BCUT2D eigenvalue weighted by atomic mass is 16.5. The second-order valence-corrected chi connectivity index (χ2v) is 4.30. The summed E-state index contributed by atoms with van der Waals surface area (Å²) in [5.74, 6) is 1.09. The van der Waals surface area contributed by atoms with Gasteiger partial charge in [0.1, 0.15) is 11.9 Å². The van der Waals surface area contributed by atoms with Crippen molar-refractivity contribution < 1.29 is 4.74 Å². The van der Waals surface area contributed by atoms with Crippen LogP contribution >= 0.6 is 0 Å². The van der Waals surface area contributed by atoms with Crippen LogP contribution in [-0.4, -0.2) is 19.7 Å². The molecule has 2 heteroatoms. The van der Waals surface area contributed by atoms with E-state index in [1.54, 1.807) is 0 Å². The summed E-state index contributed by atoms with van der Waals surface area (Å²) in [4.78, 5) is 0. The zero-order valence-corrected chi connectivity index (χ0v) is 9.55. The Labute approximate surface area is 91.6 Å². The highest BCUT2D eigenvalue weighted by Crippen LogP contribution is 2.30. The standard InChI is InChI=1S/C13H19NO/c1-10-5-6-13-11(8-10)9-12(15-13)4-3-7-14-2/h5-6,8,12,14H,3-4,7,9H2,1-2H3. The van der Waals surface area contributed by atoms with E-state index in [1.807, 2.05) is 7.05 Å². The number of fused-ring (bicyclic) bond motifs is 1. The van der Waals surface area contributed by atoms with Crippen LogP contribution in [0.1, 0.15) is 24.0 Å². The van der Waals surface area contributed by atoms with Crippen LogP contribution < -0.4 is 10.1 Å². The number of benzene rings is 1. The first-order valence-electron chi connectivity index (χ1n) is 5.70. The van der Waals surface area contributed by atoms with E-state index in [1.165, 1.54) is 17.5 Å². The molecule has 15 heavy (non-hydrogen) atoms. The van der Waals surface area contributed by atoms with Gasteiger partial charge in [0, 0.05) is 6.42 Å². The summed E-state index contributed by atoms with van der Waals surface area (Å²) in [6.07, 6.45) is 3.82. The lowest BCUT2D eigenvalue weighted by Crippen LogP contribution is -2.16. The van der Waals surface area contributed by atoms with E-state index >= 15 is 0 Å². The molecule has 0 bridgehead atoms. The number of nitrogens with one attached hydrogen (secondary N) is 1. The first kappa shape index (κ1) is 10.5. The Morgan fingerprint density at radius 1 is 1.47 bits per heavy atom. The lowest BCUT2D eigenvalue weighted by molar-refractivity contribution is 0.218. The van der Waals surface area contributed by atoms with Gasteiger partial charge in [0.2, 0.25) is 0 Å². The molecule has 2 rings (SSSR count). The van der Waals surface area contributed by atoms with E-state index in [0.717, 1.165) is 25.1 Å². The number of ether oxygens (including phenoxy) is 1. The Balaban J connectivity index is 1.91. The zero-order chi connectivity index (χ0) is 10.7. The van der Waals surface area contributed by atoms with Gasteiger partial charge in [-0.25, -0.2) is 0 Å². The van der Waals surface area contributed by atoms with Crippen LogP contribution in [0.2, 0.25) is 0 Å². The van der Waals surface area contributed by atoms with Crippen molar-refractivity contribution in [2.75, 3.05) is 13.6 Å². The van der Waals surface area contributed by atoms with Crippen LogP contribution in [0.5, 0.6) is 5.75 Å². The third-order valence-electron chi connectivity index (χ3n) is 2.91. The second kappa shape index (κ2) is 4.67. The number of hydrogen-bond donors (Lipinski definition) is 1. The maximum Gasteiger partial charge on any atom is 0.123 e. The number of aryl methyl sites for hydroxylation is 1. The molecule has 0 amide bonds. The van der Waals surface area contributed by atoms with Gasteiger partial charge in [-0.05, 0) is 45.0 Å². The van der Waals surface area contributed by atoms with Crippen molar-refractivity contribution in [2.45, 2.75) is 32.3 Å². The Hall–Kier alpha value is -1.02. The number of rotatable bonds is 4. The van der Waals surface area contributed by atoms with E-state index in [-0.39, 0.29) is 0 Å². The van der Waals surface area contributed by atoms with E-state index in [0.29, 0.717) is 6.10 Å². The molecule has 1 N–H and O–H groups in total. The predicted molar refractivity (Wildman–Crippen MR) is 62.5 cm³/mol. The van der Waals surface area contributed by atoms with Crippen LogP contribution in [0.25, 0.3) is 0 Å². The molecule has 82 valence electrons. The minimum absolute atomic E-state index is 0.398. The summed E-state index contributed by atoms with van der Waals surface area (Å²) < 4.78 is 5.88. The molecule has 2 nitrogen and oxygen atoms in total. The maximum absolute atomic E-state index is 5.88. The lowest BCUT2D eigenvalue weighted by atomic mass is 10.0. The highest BCUT2D eigenvalue weighted by Gasteiger charge is 2.21. The number of hydrogen-bond acceptors (Lipinski definition) is 2. The van der Waals surface area contributed by atoms with Gasteiger partial charge in [-0.1, -0.05) is 17.7 Å². The molecule has 0 spiro atoms. The summed E-state index contributed by atoms with van der Waals surface area (Å²) in [6.45, 7) is 3.21. The Bertz CT molecular complexity index is 335. The van der Waals surface area contributed by atoms with Gasteiger partial charge < -0.3 is 10.1 Å². The molecule has 1 aliphatic rings.